The van der Waals surface area contributed by atoms with Crippen LogP contribution in [0.15, 0.2) is 60.7 Å². The first-order chi connectivity index (χ1) is 16.0. The maximum atomic E-state index is 13.2. The van der Waals surface area contributed by atoms with E-state index in [1.54, 1.807) is 20.8 Å². The Bertz CT molecular complexity index is 923. The number of esters is 1. The highest BCUT2D eigenvalue weighted by molar-refractivity contribution is 5.90. The maximum absolute atomic E-state index is 13.2. The van der Waals surface area contributed by atoms with Crippen LogP contribution in [0.2, 0.25) is 0 Å². The molecule has 2 N–H and O–H groups in total. The monoisotopic (exact) mass is 468 g/mol. The van der Waals surface area contributed by atoms with Crippen LogP contribution in [0.5, 0.6) is 0 Å². The van der Waals surface area contributed by atoms with Gasteiger partial charge in [-0.3, -0.25) is 4.79 Å². The van der Waals surface area contributed by atoms with E-state index in [1.807, 2.05) is 74.5 Å². The molecular weight excluding hydrogens is 432 g/mol. The van der Waals surface area contributed by atoms with Gasteiger partial charge in [-0.15, -0.1) is 0 Å². The van der Waals surface area contributed by atoms with Crippen molar-refractivity contribution in [3.63, 3.8) is 0 Å². The van der Waals surface area contributed by atoms with Gasteiger partial charge in [-0.1, -0.05) is 74.5 Å². The number of alkyl carbamates (subject to hydrolysis) is 1. The van der Waals surface area contributed by atoms with Gasteiger partial charge in [0.15, 0.2) is 0 Å². The molecular formula is C27H36N2O5. The van der Waals surface area contributed by atoms with Gasteiger partial charge in [-0.05, 0) is 44.2 Å². The van der Waals surface area contributed by atoms with Gasteiger partial charge < -0.3 is 20.1 Å². The van der Waals surface area contributed by atoms with Crippen molar-refractivity contribution in [1.29, 1.82) is 0 Å². The smallest absolute Gasteiger partial charge is 0.408 e. The molecule has 2 aromatic carbocycles. The van der Waals surface area contributed by atoms with Crippen LogP contribution in [0.3, 0.4) is 0 Å². The molecule has 0 aromatic heterocycles. The van der Waals surface area contributed by atoms with Crippen LogP contribution in [-0.4, -0.2) is 35.7 Å². The van der Waals surface area contributed by atoms with Gasteiger partial charge in [0.25, 0.3) is 0 Å². The summed E-state index contributed by atoms with van der Waals surface area (Å²) in [6.07, 6.45) is -0.0508. The van der Waals surface area contributed by atoms with Crippen molar-refractivity contribution in [2.75, 3.05) is 0 Å². The van der Waals surface area contributed by atoms with E-state index in [2.05, 4.69) is 10.6 Å². The molecule has 0 unspecified atom stereocenters. The van der Waals surface area contributed by atoms with Crippen LogP contribution in [0.4, 0.5) is 4.79 Å². The molecule has 2 rings (SSSR count). The standard InChI is InChI=1S/C27H36N2O5/c1-19(2)16-23(25(31)34-27(3,4)5)28-24(30)22(17-20-12-8-6-9-13-20)29-26(32)33-18-21-14-10-7-11-15-21/h6-15,19,22-23H,16-18H2,1-5H3,(H,28,30)(H,29,32)/t22-,23-/m0/s1. The third kappa shape index (κ3) is 10.1. The number of ether oxygens (including phenoxy) is 2. The summed E-state index contributed by atoms with van der Waals surface area (Å²) >= 11 is 0. The fourth-order valence-corrected chi connectivity index (χ4v) is 3.30. The summed E-state index contributed by atoms with van der Waals surface area (Å²) in [4.78, 5) is 38.5. The zero-order valence-electron chi connectivity index (χ0n) is 20.7. The molecule has 0 fully saturated rings. The molecule has 2 aromatic rings. The van der Waals surface area contributed by atoms with Crippen molar-refractivity contribution in [1.82, 2.24) is 10.6 Å². The topological polar surface area (TPSA) is 93.7 Å². The zero-order chi connectivity index (χ0) is 25.1. The molecule has 0 spiro atoms. The highest BCUT2D eigenvalue weighted by atomic mass is 16.6. The van der Waals surface area contributed by atoms with Gasteiger partial charge >= 0.3 is 12.1 Å². The Hall–Kier alpha value is -3.35. The SMILES string of the molecule is CC(C)C[C@H](NC(=O)[C@H](Cc1ccccc1)NC(=O)OCc1ccccc1)C(=O)OC(C)(C)C. The van der Waals surface area contributed by atoms with Crippen LogP contribution in [0.1, 0.15) is 52.2 Å². The van der Waals surface area contributed by atoms with Gasteiger partial charge in [-0.2, -0.15) is 0 Å². The summed E-state index contributed by atoms with van der Waals surface area (Å²) in [7, 11) is 0. The highest BCUT2D eigenvalue weighted by Gasteiger charge is 2.30. The third-order valence-electron chi connectivity index (χ3n) is 4.82. The second-order valence-electron chi connectivity index (χ2n) is 9.67. The number of benzene rings is 2. The van der Waals surface area contributed by atoms with E-state index in [0.717, 1.165) is 11.1 Å². The van der Waals surface area contributed by atoms with Crippen LogP contribution < -0.4 is 10.6 Å². The molecule has 7 heteroatoms. The number of nitrogens with one attached hydrogen (secondary N) is 2. The van der Waals surface area contributed by atoms with Crippen molar-refractivity contribution >= 4 is 18.0 Å². The number of rotatable bonds is 10. The summed E-state index contributed by atoms with van der Waals surface area (Å²) in [5.41, 5.74) is 1.02. The van der Waals surface area contributed by atoms with Crippen LogP contribution in [-0.2, 0) is 32.1 Å². The number of amides is 2. The number of carbonyl (C=O) groups excluding carboxylic acids is 3. The minimum Gasteiger partial charge on any atom is -0.458 e. The summed E-state index contributed by atoms with van der Waals surface area (Å²) < 4.78 is 10.8. The van der Waals surface area contributed by atoms with E-state index < -0.39 is 35.7 Å². The fourth-order valence-electron chi connectivity index (χ4n) is 3.30. The van der Waals surface area contributed by atoms with E-state index >= 15 is 0 Å². The summed E-state index contributed by atoms with van der Waals surface area (Å²) in [5, 5.41) is 5.44. The van der Waals surface area contributed by atoms with E-state index in [0.29, 0.717) is 6.42 Å². The largest absolute Gasteiger partial charge is 0.458 e. The molecule has 7 nitrogen and oxygen atoms in total. The zero-order valence-corrected chi connectivity index (χ0v) is 20.7. The molecule has 0 saturated carbocycles. The molecule has 0 bridgehead atoms. The Balaban J connectivity index is 2.12. The first kappa shape index (κ1) is 26.9. The summed E-state index contributed by atoms with van der Waals surface area (Å²) in [6, 6.07) is 16.9. The normalized spacial score (nSPS) is 13.0. The van der Waals surface area contributed by atoms with Crippen molar-refractivity contribution in [2.45, 2.75) is 71.8 Å². The molecule has 184 valence electrons. The lowest BCUT2D eigenvalue weighted by Crippen LogP contribution is -2.53. The number of hydrogen-bond acceptors (Lipinski definition) is 5. The predicted molar refractivity (Wildman–Crippen MR) is 131 cm³/mol. The van der Waals surface area contributed by atoms with Gasteiger partial charge in [0.1, 0.15) is 24.3 Å². The molecule has 0 saturated heterocycles. The molecule has 0 radical (unpaired) electrons. The van der Waals surface area contributed by atoms with Crippen molar-refractivity contribution < 1.29 is 23.9 Å². The lowest BCUT2D eigenvalue weighted by molar-refractivity contribution is -0.159. The average Bonchev–Trinajstić information content (AvgIpc) is 2.76. The Kier molecular flexibility index (Phi) is 10.1. The number of hydrogen-bond donors (Lipinski definition) is 2. The first-order valence-electron chi connectivity index (χ1n) is 11.6. The van der Waals surface area contributed by atoms with E-state index in [9.17, 15) is 14.4 Å². The molecule has 0 heterocycles. The Morgan fingerprint density at radius 3 is 1.91 bits per heavy atom. The molecule has 2 amide bonds. The minimum atomic E-state index is -0.928. The molecule has 0 aliphatic rings. The lowest BCUT2D eigenvalue weighted by Gasteiger charge is -2.27. The second kappa shape index (κ2) is 12.8. The predicted octanol–water partition coefficient (Wildman–Crippen LogP) is 4.40. The van der Waals surface area contributed by atoms with Gasteiger partial charge in [0.2, 0.25) is 5.91 Å². The van der Waals surface area contributed by atoms with Gasteiger partial charge in [-0.25, -0.2) is 9.59 Å². The Labute approximate surface area is 202 Å². The summed E-state index contributed by atoms with van der Waals surface area (Å²) in [6.45, 7) is 9.35. The maximum Gasteiger partial charge on any atom is 0.408 e. The van der Waals surface area contributed by atoms with Crippen molar-refractivity contribution in [3.05, 3.63) is 71.8 Å². The number of carbonyl (C=O) groups is 3. The van der Waals surface area contributed by atoms with E-state index in [1.165, 1.54) is 0 Å². The Morgan fingerprint density at radius 1 is 0.824 bits per heavy atom. The van der Waals surface area contributed by atoms with Crippen LogP contribution in [0, 0.1) is 5.92 Å². The third-order valence-corrected chi connectivity index (χ3v) is 4.82. The lowest BCUT2D eigenvalue weighted by atomic mass is 10.0. The molecule has 0 aliphatic carbocycles. The van der Waals surface area contributed by atoms with Crippen LogP contribution >= 0.6 is 0 Å². The fraction of sp³-hybridized carbons (Fsp3) is 0.444. The molecule has 2 atom stereocenters. The average molecular weight is 469 g/mol. The van der Waals surface area contributed by atoms with E-state index in [-0.39, 0.29) is 18.9 Å². The van der Waals surface area contributed by atoms with Gasteiger partial charge in [0.05, 0.1) is 0 Å². The van der Waals surface area contributed by atoms with Crippen molar-refractivity contribution in [2.24, 2.45) is 5.92 Å². The highest BCUT2D eigenvalue weighted by Crippen LogP contribution is 2.14. The second-order valence-corrected chi connectivity index (χ2v) is 9.67. The van der Waals surface area contributed by atoms with Gasteiger partial charge in [0, 0.05) is 6.42 Å². The Morgan fingerprint density at radius 2 is 1.38 bits per heavy atom. The van der Waals surface area contributed by atoms with E-state index in [4.69, 9.17) is 9.47 Å². The van der Waals surface area contributed by atoms with Crippen LogP contribution in [0.25, 0.3) is 0 Å². The quantitative estimate of drug-likeness (QED) is 0.504. The van der Waals surface area contributed by atoms with Crippen molar-refractivity contribution in [3.8, 4) is 0 Å². The minimum absolute atomic E-state index is 0.0836. The molecule has 34 heavy (non-hydrogen) atoms. The summed E-state index contributed by atoms with van der Waals surface area (Å²) in [5.74, 6) is -0.828. The first-order valence-corrected chi connectivity index (χ1v) is 11.6. The molecule has 0 aliphatic heterocycles.